The summed E-state index contributed by atoms with van der Waals surface area (Å²) in [7, 11) is 0. The van der Waals surface area contributed by atoms with Crippen molar-refractivity contribution in [2.75, 3.05) is 5.32 Å². The fraction of sp³-hybridized carbons (Fsp3) is 0.0769. The number of nitrogens with one attached hydrogen (secondary N) is 1. The molecule has 1 N–H and O–H groups in total. The molecule has 0 spiro atoms. The van der Waals surface area contributed by atoms with Gasteiger partial charge in [0.1, 0.15) is 17.5 Å². The summed E-state index contributed by atoms with van der Waals surface area (Å²) >= 11 is 0. The molecule has 0 saturated heterocycles. The van der Waals surface area contributed by atoms with E-state index in [9.17, 15) is 13.6 Å². The summed E-state index contributed by atoms with van der Waals surface area (Å²) in [5.74, 6) is -1.37. The number of carbonyl (C=O) groups is 1. The van der Waals surface area contributed by atoms with E-state index in [1.807, 2.05) is 0 Å². The number of hydrogen-bond donors (Lipinski definition) is 1. The lowest BCUT2D eigenvalue weighted by atomic mass is 10.1. The second kappa shape index (κ2) is 5.35. The van der Waals surface area contributed by atoms with Crippen molar-refractivity contribution < 1.29 is 13.6 Å². The second-order valence-corrected chi connectivity index (χ2v) is 3.72. The van der Waals surface area contributed by atoms with Crippen LogP contribution in [0.25, 0.3) is 0 Å². The molecule has 2 aromatic rings. The molecule has 92 valence electrons. The zero-order valence-corrected chi connectivity index (χ0v) is 9.36. The summed E-state index contributed by atoms with van der Waals surface area (Å²) in [6.07, 6.45) is 1.43. The van der Waals surface area contributed by atoms with Crippen molar-refractivity contribution in [3.05, 3.63) is 59.8 Å². The van der Waals surface area contributed by atoms with Crippen LogP contribution in [0.5, 0.6) is 0 Å². The summed E-state index contributed by atoms with van der Waals surface area (Å²) in [4.78, 5) is 15.5. The van der Waals surface area contributed by atoms with Crippen molar-refractivity contribution in [2.45, 2.75) is 6.42 Å². The van der Waals surface area contributed by atoms with Crippen LogP contribution >= 0.6 is 0 Å². The molecule has 0 unspecified atom stereocenters. The monoisotopic (exact) mass is 248 g/mol. The molecule has 18 heavy (non-hydrogen) atoms. The summed E-state index contributed by atoms with van der Waals surface area (Å²) in [5.41, 5.74) is 0.279. The molecule has 0 fully saturated rings. The molecule has 0 bridgehead atoms. The third-order valence-electron chi connectivity index (χ3n) is 2.22. The first kappa shape index (κ1) is 12.2. The van der Waals surface area contributed by atoms with Crippen LogP contribution in [0, 0.1) is 11.6 Å². The molecule has 1 aromatic heterocycles. The maximum Gasteiger partial charge on any atom is 0.229 e. The molecular formula is C13H10F2N2O. The van der Waals surface area contributed by atoms with Gasteiger partial charge in [0, 0.05) is 12.3 Å². The van der Waals surface area contributed by atoms with Gasteiger partial charge in [0.05, 0.1) is 6.42 Å². The Morgan fingerprint density at radius 3 is 2.50 bits per heavy atom. The maximum absolute atomic E-state index is 12.9. The number of hydrogen-bond acceptors (Lipinski definition) is 2. The molecule has 0 radical (unpaired) electrons. The number of rotatable bonds is 3. The first-order valence-electron chi connectivity index (χ1n) is 5.29. The van der Waals surface area contributed by atoms with Crippen LogP contribution in [0.1, 0.15) is 5.56 Å². The summed E-state index contributed by atoms with van der Waals surface area (Å²) < 4.78 is 25.8. The smallest absolute Gasteiger partial charge is 0.229 e. The Hall–Kier alpha value is -2.30. The number of halogens is 2. The van der Waals surface area contributed by atoms with Crippen LogP contribution in [-0.2, 0) is 11.2 Å². The molecule has 0 aliphatic heterocycles. The Balaban J connectivity index is 2.03. The lowest BCUT2D eigenvalue weighted by Crippen LogP contribution is -2.15. The van der Waals surface area contributed by atoms with Gasteiger partial charge in [0.25, 0.3) is 0 Å². The largest absolute Gasteiger partial charge is 0.310 e. The molecule has 0 aliphatic rings. The van der Waals surface area contributed by atoms with E-state index in [1.54, 1.807) is 18.2 Å². The molecule has 1 heterocycles. The van der Waals surface area contributed by atoms with Crippen molar-refractivity contribution >= 4 is 11.7 Å². The lowest BCUT2D eigenvalue weighted by Gasteiger charge is -2.04. The number of benzene rings is 1. The molecule has 0 aliphatic carbocycles. The molecule has 5 heteroatoms. The van der Waals surface area contributed by atoms with Crippen molar-refractivity contribution in [3.8, 4) is 0 Å². The fourth-order valence-corrected chi connectivity index (χ4v) is 1.52. The van der Waals surface area contributed by atoms with Gasteiger partial charge in [-0.1, -0.05) is 6.07 Å². The average Bonchev–Trinajstić information content (AvgIpc) is 2.28. The zero-order chi connectivity index (χ0) is 13.0. The standard InChI is InChI=1S/C13H10F2N2O/c14-10-5-9(6-11(15)8-10)7-13(18)17-12-3-1-2-4-16-12/h1-6,8H,7H2,(H,16,17,18). The van der Waals surface area contributed by atoms with Crippen LogP contribution in [0.15, 0.2) is 42.6 Å². The predicted molar refractivity (Wildman–Crippen MR) is 62.9 cm³/mol. The Morgan fingerprint density at radius 1 is 1.17 bits per heavy atom. The van der Waals surface area contributed by atoms with Gasteiger partial charge in [-0.3, -0.25) is 4.79 Å². The van der Waals surface area contributed by atoms with E-state index in [1.165, 1.54) is 6.20 Å². The van der Waals surface area contributed by atoms with E-state index in [0.717, 1.165) is 18.2 Å². The second-order valence-electron chi connectivity index (χ2n) is 3.72. The van der Waals surface area contributed by atoms with E-state index >= 15 is 0 Å². The molecule has 2 rings (SSSR count). The highest BCUT2D eigenvalue weighted by molar-refractivity contribution is 5.91. The third-order valence-corrected chi connectivity index (χ3v) is 2.22. The number of anilines is 1. The molecule has 3 nitrogen and oxygen atoms in total. The summed E-state index contributed by atoms with van der Waals surface area (Å²) in [6, 6.07) is 8.09. The molecule has 1 aromatic carbocycles. The van der Waals surface area contributed by atoms with Gasteiger partial charge in [0.2, 0.25) is 5.91 Å². The highest BCUT2D eigenvalue weighted by Gasteiger charge is 2.07. The summed E-state index contributed by atoms with van der Waals surface area (Å²) in [6.45, 7) is 0. The predicted octanol–water partition coefficient (Wildman–Crippen LogP) is 2.54. The average molecular weight is 248 g/mol. The minimum atomic E-state index is -0.698. The molecule has 0 atom stereocenters. The quantitative estimate of drug-likeness (QED) is 0.906. The highest BCUT2D eigenvalue weighted by Crippen LogP contribution is 2.09. The molecular weight excluding hydrogens is 238 g/mol. The first-order valence-corrected chi connectivity index (χ1v) is 5.29. The van der Waals surface area contributed by atoms with Crippen LogP contribution < -0.4 is 5.32 Å². The van der Waals surface area contributed by atoms with Crippen LogP contribution in [0.2, 0.25) is 0 Å². The number of aromatic nitrogens is 1. The van der Waals surface area contributed by atoms with E-state index in [4.69, 9.17) is 0 Å². The summed E-state index contributed by atoms with van der Waals surface area (Å²) in [5, 5.41) is 2.53. The van der Waals surface area contributed by atoms with Crippen LogP contribution in [-0.4, -0.2) is 10.9 Å². The van der Waals surface area contributed by atoms with Gasteiger partial charge < -0.3 is 5.32 Å². The van der Waals surface area contributed by atoms with Gasteiger partial charge in [0.15, 0.2) is 0 Å². The van der Waals surface area contributed by atoms with Gasteiger partial charge >= 0.3 is 0 Å². The SMILES string of the molecule is O=C(Cc1cc(F)cc(F)c1)Nc1ccccn1. The Labute approximate surface area is 102 Å². The van der Waals surface area contributed by atoms with Crippen LogP contribution in [0.3, 0.4) is 0 Å². The number of nitrogens with zero attached hydrogens (tertiary/aromatic N) is 1. The number of carbonyl (C=O) groups excluding carboxylic acids is 1. The van der Waals surface area contributed by atoms with Gasteiger partial charge in [-0.15, -0.1) is 0 Å². The topological polar surface area (TPSA) is 42.0 Å². The van der Waals surface area contributed by atoms with E-state index in [-0.39, 0.29) is 17.9 Å². The van der Waals surface area contributed by atoms with Crippen molar-refractivity contribution in [2.24, 2.45) is 0 Å². The number of amides is 1. The van der Waals surface area contributed by atoms with Gasteiger partial charge in [-0.2, -0.15) is 0 Å². The minimum absolute atomic E-state index is 0.106. The zero-order valence-electron chi connectivity index (χ0n) is 9.36. The maximum atomic E-state index is 12.9. The van der Waals surface area contributed by atoms with Crippen molar-refractivity contribution in [3.63, 3.8) is 0 Å². The third kappa shape index (κ3) is 3.35. The normalized spacial score (nSPS) is 10.1. The Kier molecular flexibility index (Phi) is 3.62. The van der Waals surface area contributed by atoms with E-state index in [0.29, 0.717) is 5.82 Å². The van der Waals surface area contributed by atoms with Crippen molar-refractivity contribution in [1.82, 2.24) is 4.98 Å². The van der Waals surface area contributed by atoms with Crippen molar-refractivity contribution in [1.29, 1.82) is 0 Å². The first-order chi connectivity index (χ1) is 8.63. The molecule has 0 saturated carbocycles. The van der Waals surface area contributed by atoms with E-state index in [2.05, 4.69) is 10.3 Å². The lowest BCUT2D eigenvalue weighted by molar-refractivity contribution is -0.115. The Morgan fingerprint density at radius 2 is 1.89 bits per heavy atom. The Bertz CT molecular complexity index is 538. The minimum Gasteiger partial charge on any atom is -0.310 e. The number of pyridine rings is 1. The van der Waals surface area contributed by atoms with E-state index < -0.39 is 11.6 Å². The fourth-order valence-electron chi connectivity index (χ4n) is 1.52. The highest BCUT2D eigenvalue weighted by atomic mass is 19.1. The van der Waals surface area contributed by atoms with Gasteiger partial charge in [-0.05, 0) is 29.8 Å². The molecule has 1 amide bonds. The van der Waals surface area contributed by atoms with Crippen LogP contribution in [0.4, 0.5) is 14.6 Å². The van der Waals surface area contributed by atoms with Gasteiger partial charge in [-0.25, -0.2) is 13.8 Å².